The molecule has 0 bridgehead atoms. The number of hydrogen-bond donors (Lipinski definition) is 0. The van der Waals surface area contributed by atoms with Crippen LogP contribution in [0, 0.1) is 0 Å². The van der Waals surface area contributed by atoms with Crippen molar-refractivity contribution in [3.63, 3.8) is 0 Å². The van der Waals surface area contributed by atoms with Crippen molar-refractivity contribution in [2.45, 2.75) is 34.1 Å². The third-order valence-electron chi connectivity index (χ3n) is 1.50. The van der Waals surface area contributed by atoms with Crippen molar-refractivity contribution < 1.29 is 0 Å². The SMILES string of the molecule is CCl.C[CH2][Sn+]([CH2]C)[CH2]C. The molecule has 0 rings (SSSR count). The fourth-order valence-electron chi connectivity index (χ4n) is 0.750. The van der Waals surface area contributed by atoms with Crippen LogP contribution in [-0.2, 0) is 0 Å². The minimum atomic E-state index is -0.653. The summed E-state index contributed by atoms with van der Waals surface area (Å²) in [4.78, 5) is 0. The van der Waals surface area contributed by atoms with Crippen LogP contribution in [0.25, 0.3) is 0 Å². The molecule has 0 aromatic heterocycles. The molecule has 0 spiro atoms. The van der Waals surface area contributed by atoms with E-state index in [2.05, 4.69) is 32.4 Å². The summed E-state index contributed by atoms with van der Waals surface area (Å²) in [6, 6.07) is 0. The van der Waals surface area contributed by atoms with Crippen LogP contribution < -0.4 is 0 Å². The Morgan fingerprint density at radius 1 is 0.889 bits per heavy atom. The van der Waals surface area contributed by atoms with Crippen LogP contribution in [0.5, 0.6) is 0 Å². The Bertz CT molecular complexity index is 30.4. The molecule has 0 atom stereocenters. The third kappa shape index (κ3) is 9.09. The summed E-state index contributed by atoms with van der Waals surface area (Å²) in [5, 5.41) is 0. The molecule has 0 saturated heterocycles. The van der Waals surface area contributed by atoms with Gasteiger partial charge in [0, 0.05) is 6.38 Å². The third-order valence-corrected chi connectivity index (χ3v) is 10.1. The van der Waals surface area contributed by atoms with Gasteiger partial charge in [0.2, 0.25) is 0 Å². The van der Waals surface area contributed by atoms with Gasteiger partial charge in [-0.1, -0.05) is 0 Å². The maximum atomic E-state index is 4.64. The van der Waals surface area contributed by atoms with E-state index < -0.39 is 19.8 Å². The van der Waals surface area contributed by atoms with E-state index in [1.165, 1.54) is 6.38 Å². The van der Waals surface area contributed by atoms with E-state index in [1.54, 1.807) is 13.3 Å². The van der Waals surface area contributed by atoms with Crippen LogP contribution in [0.3, 0.4) is 0 Å². The summed E-state index contributed by atoms with van der Waals surface area (Å²) < 4.78 is 4.65. The number of alkyl halides is 1. The Labute approximate surface area is 71.7 Å². The van der Waals surface area contributed by atoms with Crippen LogP contribution in [0.1, 0.15) is 20.8 Å². The zero-order chi connectivity index (χ0) is 7.70. The summed E-state index contributed by atoms with van der Waals surface area (Å²) in [7, 11) is 0. The summed E-state index contributed by atoms with van der Waals surface area (Å²) in [5.41, 5.74) is 0. The standard InChI is InChI=1S/3C2H5.CH3Cl.Sn/c4*1-2;/h3*1H2,2H3;1H3;/q;;;;+1. The molecule has 0 heterocycles. The molecule has 0 aliphatic rings. The van der Waals surface area contributed by atoms with E-state index in [-0.39, 0.29) is 0 Å². The van der Waals surface area contributed by atoms with Crippen molar-refractivity contribution in [3.8, 4) is 0 Å². The molecular weight excluding hydrogens is 238 g/mol. The molecule has 0 unspecified atom stereocenters. The van der Waals surface area contributed by atoms with Crippen LogP contribution in [0.2, 0.25) is 13.3 Å². The summed E-state index contributed by atoms with van der Waals surface area (Å²) >= 11 is 3.99. The average molecular weight is 256 g/mol. The molecule has 0 radical (unpaired) electrons. The zero-order valence-electron chi connectivity index (χ0n) is 7.00. The first-order chi connectivity index (χ1) is 4.35. The molecule has 0 N–H and O–H groups in total. The fourth-order valence-corrected chi connectivity index (χ4v) is 5.03. The van der Waals surface area contributed by atoms with E-state index in [4.69, 9.17) is 0 Å². The number of rotatable bonds is 3. The molecule has 0 aromatic carbocycles. The van der Waals surface area contributed by atoms with Gasteiger partial charge in [-0.25, -0.2) is 0 Å². The first kappa shape index (κ1) is 12.7. The topological polar surface area (TPSA) is 0 Å². The molecule has 0 aliphatic heterocycles. The second-order valence-electron chi connectivity index (χ2n) is 1.81. The van der Waals surface area contributed by atoms with Crippen LogP contribution in [0.4, 0.5) is 0 Å². The van der Waals surface area contributed by atoms with E-state index in [9.17, 15) is 0 Å². The molecule has 0 saturated carbocycles. The number of hydrogen-bond acceptors (Lipinski definition) is 0. The van der Waals surface area contributed by atoms with Gasteiger partial charge >= 0.3 is 53.8 Å². The van der Waals surface area contributed by atoms with Crippen LogP contribution in [0.15, 0.2) is 0 Å². The molecule has 2 heteroatoms. The van der Waals surface area contributed by atoms with Gasteiger partial charge in [0.15, 0.2) is 0 Å². The van der Waals surface area contributed by atoms with Crippen molar-refractivity contribution in [1.29, 1.82) is 0 Å². The van der Waals surface area contributed by atoms with Gasteiger partial charge < -0.3 is 0 Å². The molecule has 0 aromatic rings. The second-order valence-corrected chi connectivity index (χ2v) is 12.1. The van der Waals surface area contributed by atoms with Crippen molar-refractivity contribution >= 4 is 31.4 Å². The summed E-state index contributed by atoms with van der Waals surface area (Å²) in [5.74, 6) is 0. The normalized spacial score (nSPS) is 7.67. The Hall–Kier alpha value is 1.09. The zero-order valence-corrected chi connectivity index (χ0v) is 10.6. The van der Waals surface area contributed by atoms with Gasteiger partial charge in [0.1, 0.15) is 0 Å². The molecular formula is C7H18ClSn+. The minimum absolute atomic E-state index is 0.653. The van der Waals surface area contributed by atoms with Crippen molar-refractivity contribution in [1.82, 2.24) is 0 Å². The van der Waals surface area contributed by atoms with Crippen molar-refractivity contribution in [2.24, 2.45) is 0 Å². The Balaban J connectivity index is 0. The molecule has 9 heavy (non-hydrogen) atoms. The monoisotopic (exact) mass is 257 g/mol. The van der Waals surface area contributed by atoms with Gasteiger partial charge in [0.25, 0.3) is 0 Å². The van der Waals surface area contributed by atoms with Crippen LogP contribution in [-0.4, -0.2) is 26.1 Å². The van der Waals surface area contributed by atoms with Gasteiger partial charge in [-0.15, -0.1) is 11.6 Å². The first-order valence-electron chi connectivity index (χ1n) is 3.56. The molecule has 0 fully saturated rings. The summed E-state index contributed by atoms with van der Waals surface area (Å²) in [6.07, 6.45) is 1.47. The van der Waals surface area contributed by atoms with E-state index in [1.807, 2.05) is 0 Å². The second kappa shape index (κ2) is 11.8. The fraction of sp³-hybridized carbons (Fsp3) is 1.00. The Morgan fingerprint density at radius 2 is 1.11 bits per heavy atom. The first-order valence-corrected chi connectivity index (χ1v) is 10.4. The van der Waals surface area contributed by atoms with Gasteiger partial charge in [-0.05, 0) is 0 Å². The molecule has 0 amide bonds. The van der Waals surface area contributed by atoms with Gasteiger partial charge in [-0.2, -0.15) is 0 Å². The molecule has 0 aliphatic carbocycles. The van der Waals surface area contributed by atoms with Crippen LogP contribution >= 0.6 is 11.6 Å². The van der Waals surface area contributed by atoms with Crippen molar-refractivity contribution in [2.75, 3.05) is 6.38 Å². The summed E-state index contributed by atoms with van der Waals surface area (Å²) in [6.45, 7) is 7.05. The van der Waals surface area contributed by atoms with Gasteiger partial charge in [0.05, 0.1) is 0 Å². The average Bonchev–Trinajstić information content (AvgIpc) is 1.96. The van der Waals surface area contributed by atoms with E-state index >= 15 is 0 Å². The Kier molecular flexibility index (Phi) is 16.7. The van der Waals surface area contributed by atoms with Gasteiger partial charge in [-0.3, -0.25) is 0 Å². The quantitative estimate of drug-likeness (QED) is 0.536. The van der Waals surface area contributed by atoms with E-state index in [0.29, 0.717) is 0 Å². The predicted molar refractivity (Wildman–Crippen MR) is 49.0 cm³/mol. The predicted octanol–water partition coefficient (Wildman–Crippen LogP) is 3.40. The maximum absolute atomic E-state index is 4.64. The Morgan fingerprint density at radius 3 is 1.11 bits per heavy atom. The molecule has 56 valence electrons. The number of halogens is 1. The van der Waals surface area contributed by atoms with Crippen molar-refractivity contribution in [3.05, 3.63) is 0 Å². The molecule has 0 nitrogen and oxygen atoms in total. The van der Waals surface area contributed by atoms with E-state index in [0.717, 1.165) is 0 Å².